The summed E-state index contributed by atoms with van der Waals surface area (Å²) in [6.07, 6.45) is 3.82. The van der Waals surface area contributed by atoms with Gasteiger partial charge in [-0.25, -0.2) is 0 Å². The Labute approximate surface area is 141 Å². The van der Waals surface area contributed by atoms with E-state index in [9.17, 15) is 9.00 Å². The zero-order chi connectivity index (χ0) is 16.7. The normalized spacial score (nSPS) is 13.4. The molecular formula is C18H15N3O2S. The minimum absolute atomic E-state index is 0.0414. The molecular weight excluding hydrogens is 322 g/mol. The number of rotatable bonds is 4. The Morgan fingerprint density at radius 2 is 1.96 bits per heavy atom. The fourth-order valence-electron chi connectivity index (χ4n) is 3.14. The van der Waals surface area contributed by atoms with Crippen LogP contribution in [0.5, 0.6) is 0 Å². The number of ketones is 1. The van der Waals surface area contributed by atoms with Crippen molar-refractivity contribution < 1.29 is 9.00 Å². The van der Waals surface area contributed by atoms with Gasteiger partial charge in [-0.2, -0.15) is 0 Å². The molecule has 24 heavy (non-hydrogen) atoms. The van der Waals surface area contributed by atoms with Crippen LogP contribution in [0.15, 0.2) is 53.9 Å². The summed E-state index contributed by atoms with van der Waals surface area (Å²) < 4.78 is 13.1. The van der Waals surface area contributed by atoms with Crippen molar-refractivity contribution in [3.63, 3.8) is 0 Å². The molecule has 3 aromatic rings. The Morgan fingerprint density at radius 3 is 2.79 bits per heavy atom. The molecule has 120 valence electrons. The summed E-state index contributed by atoms with van der Waals surface area (Å²) in [6.45, 7) is 0.0909. The van der Waals surface area contributed by atoms with E-state index < -0.39 is 10.8 Å². The van der Waals surface area contributed by atoms with Crippen LogP contribution in [0, 0.1) is 0 Å². The summed E-state index contributed by atoms with van der Waals surface area (Å²) >= 11 is 0. The van der Waals surface area contributed by atoms with Crippen LogP contribution in [0.3, 0.4) is 0 Å². The molecule has 1 unspecified atom stereocenters. The zero-order valence-corrected chi connectivity index (χ0v) is 13.9. The minimum Gasteiger partial charge on any atom is -0.299 e. The molecule has 0 radical (unpaired) electrons. The van der Waals surface area contributed by atoms with Gasteiger partial charge in [-0.1, -0.05) is 36.4 Å². The van der Waals surface area contributed by atoms with Gasteiger partial charge < -0.3 is 0 Å². The van der Waals surface area contributed by atoms with Crippen molar-refractivity contribution in [3.05, 3.63) is 65.5 Å². The molecule has 2 aromatic carbocycles. The number of carbonyl (C=O) groups is 1. The highest BCUT2D eigenvalue weighted by Crippen LogP contribution is 2.36. The van der Waals surface area contributed by atoms with Gasteiger partial charge in [-0.15, -0.1) is 10.2 Å². The molecule has 1 heterocycles. The van der Waals surface area contributed by atoms with Crippen LogP contribution >= 0.6 is 0 Å². The molecule has 1 aliphatic carbocycles. The zero-order valence-electron chi connectivity index (χ0n) is 13.1. The van der Waals surface area contributed by atoms with Crippen molar-refractivity contribution in [2.24, 2.45) is 0 Å². The van der Waals surface area contributed by atoms with E-state index in [0.717, 1.165) is 6.42 Å². The first-order valence-corrected chi connectivity index (χ1v) is 9.15. The summed E-state index contributed by atoms with van der Waals surface area (Å²) in [6, 6.07) is 14.1. The van der Waals surface area contributed by atoms with Crippen LogP contribution < -0.4 is 0 Å². The summed E-state index contributed by atoms with van der Waals surface area (Å²) in [5.74, 6) is -0.0414. The molecule has 0 aliphatic heterocycles. The first kappa shape index (κ1) is 15.0. The maximum Gasteiger partial charge on any atom is 0.221 e. The van der Waals surface area contributed by atoms with Gasteiger partial charge in [0.2, 0.25) is 5.16 Å². The van der Waals surface area contributed by atoms with E-state index in [0.29, 0.717) is 10.7 Å². The van der Waals surface area contributed by atoms with Crippen molar-refractivity contribution in [2.75, 3.05) is 6.26 Å². The molecule has 1 atom stereocenters. The monoisotopic (exact) mass is 337 g/mol. The van der Waals surface area contributed by atoms with E-state index in [1.54, 1.807) is 4.57 Å². The second kappa shape index (κ2) is 5.79. The lowest BCUT2D eigenvalue weighted by atomic mass is 10.0. The minimum atomic E-state index is -1.27. The van der Waals surface area contributed by atoms with Crippen molar-refractivity contribution in [3.8, 4) is 11.1 Å². The lowest BCUT2D eigenvalue weighted by molar-refractivity contribution is 0.0969. The Bertz CT molecular complexity index is 978. The third-order valence-electron chi connectivity index (χ3n) is 4.27. The molecule has 5 nitrogen and oxygen atoms in total. The average Bonchev–Trinajstić information content (AvgIpc) is 3.18. The van der Waals surface area contributed by atoms with E-state index in [1.165, 1.54) is 34.8 Å². The second-order valence-corrected chi connectivity index (χ2v) is 7.10. The van der Waals surface area contributed by atoms with Crippen molar-refractivity contribution in [1.29, 1.82) is 0 Å². The van der Waals surface area contributed by atoms with E-state index in [2.05, 4.69) is 22.3 Å². The van der Waals surface area contributed by atoms with Gasteiger partial charge in [0.1, 0.15) is 6.33 Å². The second-order valence-electron chi connectivity index (χ2n) is 5.82. The highest BCUT2D eigenvalue weighted by atomic mass is 32.2. The Balaban J connectivity index is 1.62. The molecule has 6 heteroatoms. The van der Waals surface area contributed by atoms with Gasteiger partial charge in [-0.05, 0) is 34.7 Å². The van der Waals surface area contributed by atoms with E-state index in [1.807, 2.05) is 30.3 Å². The van der Waals surface area contributed by atoms with E-state index in [-0.39, 0.29) is 12.3 Å². The van der Waals surface area contributed by atoms with E-state index >= 15 is 0 Å². The predicted molar refractivity (Wildman–Crippen MR) is 91.4 cm³/mol. The quantitative estimate of drug-likeness (QED) is 0.537. The number of hydrogen-bond acceptors (Lipinski definition) is 4. The summed E-state index contributed by atoms with van der Waals surface area (Å²) in [5, 5.41) is 7.87. The van der Waals surface area contributed by atoms with Crippen LogP contribution in [0.25, 0.3) is 11.1 Å². The van der Waals surface area contributed by atoms with Crippen molar-refractivity contribution >= 4 is 16.6 Å². The topological polar surface area (TPSA) is 64.8 Å². The Morgan fingerprint density at radius 1 is 1.17 bits per heavy atom. The maximum absolute atomic E-state index is 12.6. The maximum atomic E-state index is 12.6. The fraction of sp³-hybridized carbons (Fsp3) is 0.167. The van der Waals surface area contributed by atoms with Gasteiger partial charge in [-0.3, -0.25) is 13.6 Å². The highest BCUT2D eigenvalue weighted by molar-refractivity contribution is 7.84. The molecule has 0 bridgehead atoms. The molecule has 0 spiro atoms. The number of benzene rings is 2. The summed E-state index contributed by atoms with van der Waals surface area (Å²) in [5.41, 5.74) is 5.56. The van der Waals surface area contributed by atoms with Gasteiger partial charge in [0.25, 0.3) is 0 Å². The van der Waals surface area contributed by atoms with Crippen LogP contribution in [-0.2, 0) is 23.8 Å². The van der Waals surface area contributed by atoms with Crippen LogP contribution in [-0.4, -0.2) is 31.0 Å². The smallest absolute Gasteiger partial charge is 0.221 e. The summed E-state index contributed by atoms with van der Waals surface area (Å²) in [4.78, 5) is 12.6. The number of fused-ring (bicyclic) bond motifs is 3. The first-order valence-electron chi connectivity index (χ1n) is 7.59. The van der Waals surface area contributed by atoms with Crippen molar-refractivity contribution in [2.45, 2.75) is 18.1 Å². The molecule has 0 amide bonds. The predicted octanol–water partition coefficient (Wildman–Crippen LogP) is 2.47. The third kappa shape index (κ3) is 2.49. The Kier molecular flexibility index (Phi) is 3.61. The third-order valence-corrected chi connectivity index (χ3v) is 5.10. The number of aromatic nitrogens is 3. The molecule has 0 saturated heterocycles. The standard InChI is InChI=1S/C18H15N3O2S/c1-24(23)18-20-19-11-21(18)10-17(22)13-6-7-16-14(9-13)8-12-4-2-3-5-15(12)16/h2-7,9,11H,8,10H2,1H3. The number of carbonyl (C=O) groups excluding carboxylic acids is 1. The van der Waals surface area contributed by atoms with Crippen LogP contribution in [0.2, 0.25) is 0 Å². The van der Waals surface area contributed by atoms with Gasteiger partial charge in [0.15, 0.2) is 5.78 Å². The van der Waals surface area contributed by atoms with Gasteiger partial charge in [0.05, 0.1) is 17.3 Å². The first-order chi connectivity index (χ1) is 11.6. The molecule has 4 rings (SSSR count). The lowest BCUT2D eigenvalue weighted by Gasteiger charge is -2.06. The summed E-state index contributed by atoms with van der Waals surface area (Å²) in [7, 11) is -1.27. The Hall–Kier alpha value is -2.60. The lowest BCUT2D eigenvalue weighted by Crippen LogP contribution is -2.13. The average molecular weight is 337 g/mol. The molecule has 0 N–H and O–H groups in total. The fourth-order valence-corrected chi connectivity index (χ4v) is 3.74. The number of hydrogen-bond donors (Lipinski definition) is 0. The number of nitrogens with zero attached hydrogens (tertiary/aromatic N) is 3. The molecule has 1 aromatic heterocycles. The molecule has 0 fully saturated rings. The van der Waals surface area contributed by atoms with Crippen LogP contribution in [0.4, 0.5) is 0 Å². The highest BCUT2D eigenvalue weighted by Gasteiger charge is 2.20. The molecule has 0 saturated carbocycles. The van der Waals surface area contributed by atoms with E-state index in [4.69, 9.17) is 0 Å². The van der Waals surface area contributed by atoms with Crippen molar-refractivity contribution in [1.82, 2.24) is 14.8 Å². The van der Waals surface area contributed by atoms with Gasteiger partial charge in [0, 0.05) is 11.8 Å². The van der Waals surface area contributed by atoms with Crippen LogP contribution in [0.1, 0.15) is 21.5 Å². The largest absolute Gasteiger partial charge is 0.299 e. The number of Topliss-reactive ketones (excluding diaryl/α,β-unsaturated/α-hetero) is 1. The van der Waals surface area contributed by atoms with Gasteiger partial charge >= 0.3 is 0 Å². The molecule has 1 aliphatic rings. The SMILES string of the molecule is CS(=O)c1nncn1CC(=O)c1ccc2c(c1)Cc1ccccc1-2.